The van der Waals surface area contributed by atoms with E-state index in [4.69, 9.17) is 5.73 Å². The second-order valence-electron chi connectivity index (χ2n) is 4.49. The van der Waals surface area contributed by atoms with Crippen molar-refractivity contribution in [1.82, 2.24) is 5.32 Å². The van der Waals surface area contributed by atoms with Crippen LogP contribution in [0, 0.1) is 0 Å². The molecule has 98 valence electrons. The molecule has 0 aliphatic carbocycles. The van der Waals surface area contributed by atoms with Gasteiger partial charge in [-0.2, -0.15) is 0 Å². The standard InChI is InChI=1S/C16H18N2O/c1-18-16(19)15(17)11-12-7-9-14(10-8-12)13-5-3-2-4-6-13/h2-10,15H,11,17H2,1H3,(H,18,19)/t15-/m0/s1. The lowest BCUT2D eigenvalue weighted by Crippen LogP contribution is -2.40. The maximum atomic E-state index is 11.4. The first-order valence-corrected chi connectivity index (χ1v) is 6.32. The number of hydrogen-bond donors (Lipinski definition) is 2. The number of benzene rings is 2. The topological polar surface area (TPSA) is 55.1 Å². The minimum atomic E-state index is -0.493. The van der Waals surface area contributed by atoms with E-state index in [1.807, 2.05) is 30.3 Å². The van der Waals surface area contributed by atoms with Crippen LogP contribution in [0.2, 0.25) is 0 Å². The fourth-order valence-corrected chi connectivity index (χ4v) is 2.00. The van der Waals surface area contributed by atoms with E-state index >= 15 is 0 Å². The minimum Gasteiger partial charge on any atom is -0.358 e. The summed E-state index contributed by atoms with van der Waals surface area (Å²) >= 11 is 0. The average molecular weight is 254 g/mol. The number of hydrogen-bond acceptors (Lipinski definition) is 2. The highest BCUT2D eigenvalue weighted by molar-refractivity contribution is 5.81. The molecule has 1 atom stereocenters. The van der Waals surface area contributed by atoms with Gasteiger partial charge >= 0.3 is 0 Å². The molecule has 0 saturated heterocycles. The molecule has 0 bridgehead atoms. The van der Waals surface area contributed by atoms with Crippen LogP contribution >= 0.6 is 0 Å². The summed E-state index contributed by atoms with van der Waals surface area (Å²) in [6, 6.07) is 17.8. The molecule has 3 heteroatoms. The quantitative estimate of drug-likeness (QED) is 0.876. The van der Waals surface area contributed by atoms with Crippen LogP contribution in [0.1, 0.15) is 5.56 Å². The van der Waals surface area contributed by atoms with Gasteiger partial charge in [0.05, 0.1) is 6.04 Å². The highest BCUT2D eigenvalue weighted by atomic mass is 16.2. The summed E-state index contributed by atoms with van der Waals surface area (Å²) in [5.41, 5.74) is 9.21. The van der Waals surface area contributed by atoms with Crippen molar-refractivity contribution >= 4 is 5.91 Å². The first-order valence-electron chi connectivity index (χ1n) is 6.32. The summed E-state index contributed by atoms with van der Waals surface area (Å²) in [7, 11) is 1.60. The van der Waals surface area contributed by atoms with Gasteiger partial charge in [0.25, 0.3) is 0 Å². The first-order chi connectivity index (χ1) is 9.20. The van der Waals surface area contributed by atoms with Crippen LogP contribution in [-0.4, -0.2) is 19.0 Å². The molecule has 3 N–H and O–H groups in total. The summed E-state index contributed by atoms with van der Waals surface area (Å²) in [6.07, 6.45) is 0.550. The molecule has 3 nitrogen and oxygen atoms in total. The summed E-state index contributed by atoms with van der Waals surface area (Å²) in [5.74, 6) is -0.132. The van der Waals surface area contributed by atoms with Gasteiger partial charge < -0.3 is 11.1 Å². The van der Waals surface area contributed by atoms with Crippen molar-refractivity contribution in [3.05, 3.63) is 60.2 Å². The Labute approximate surface area is 113 Å². The van der Waals surface area contributed by atoms with Gasteiger partial charge in [-0.3, -0.25) is 4.79 Å². The van der Waals surface area contributed by atoms with Crippen molar-refractivity contribution < 1.29 is 4.79 Å². The summed E-state index contributed by atoms with van der Waals surface area (Å²) in [5, 5.41) is 2.56. The minimum absolute atomic E-state index is 0.132. The second kappa shape index (κ2) is 6.16. The summed E-state index contributed by atoms with van der Waals surface area (Å²) in [4.78, 5) is 11.4. The molecule has 0 spiro atoms. The summed E-state index contributed by atoms with van der Waals surface area (Å²) < 4.78 is 0. The molecular formula is C16H18N2O. The van der Waals surface area contributed by atoms with Crippen molar-refractivity contribution in [2.24, 2.45) is 5.73 Å². The molecule has 0 aliphatic heterocycles. The maximum absolute atomic E-state index is 11.4. The summed E-state index contributed by atoms with van der Waals surface area (Å²) in [6.45, 7) is 0. The molecule has 0 unspecified atom stereocenters. The number of rotatable bonds is 4. The molecule has 0 radical (unpaired) electrons. The normalized spacial score (nSPS) is 11.9. The molecule has 19 heavy (non-hydrogen) atoms. The lowest BCUT2D eigenvalue weighted by Gasteiger charge is -2.10. The predicted octanol–water partition coefficient (Wildman–Crippen LogP) is 1.97. The average Bonchev–Trinajstić information content (AvgIpc) is 2.48. The Morgan fingerprint density at radius 1 is 1.05 bits per heavy atom. The van der Waals surface area contributed by atoms with E-state index < -0.39 is 6.04 Å². The van der Waals surface area contributed by atoms with Gasteiger partial charge in [-0.25, -0.2) is 0 Å². The zero-order valence-electron chi connectivity index (χ0n) is 11.0. The molecule has 0 aliphatic rings. The molecular weight excluding hydrogens is 236 g/mol. The Balaban J connectivity index is 2.09. The Hall–Kier alpha value is -2.13. The Kier molecular flexibility index (Phi) is 4.31. The predicted molar refractivity (Wildman–Crippen MR) is 77.6 cm³/mol. The number of amides is 1. The van der Waals surface area contributed by atoms with Crippen LogP contribution in [0.4, 0.5) is 0 Å². The lowest BCUT2D eigenvalue weighted by atomic mass is 10.0. The zero-order chi connectivity index (χ0) is 13.7. The van der Waals surface area contributed by atoms with E-state index in [0.29, 0.717) is 6.42 Å². The number of likely N-dealkylation sites (N-methyl/N-ethyl adjacent to an activating group) is 1. The molecule has 1 amide bonds. The van der Waals surface area contributed by atoms with Crippen LogP contribution in [-0.2, 0) is 11.2 Å². The van der Waals surface area contributed by atoms with Crippen molar-refractivity contribution in [2.75, 3.05) is 7.05 Å². The molecule has 0 aromatic heterocycles. The van der Waals surface area contributed by atoms with E-state index in [1.165, 1.54) is 5.56 Å². The smallest absolute Gasteiger partial charge is 0.237 e. The third-order valence-corrected chi connectivity index (χ3v) is 3.10. The van der Waals surface area contributed by atoms with Crippen LogP contribution in [0.25, 0.3) is 11.1 Å². The third-order valence-electron chi connectivity index (χ3n) is 3.10. The van der Waals surface area contributed by atoms with Crippen LogP contribution in [0.15, 0.2) is 54.6 Å². The van der Waals surface area contributed by atoms with Gasteiger partial charge in [0.1, 0.15) is 0 Å². The van der Waals surface area contributed by atoms with Gasteiger partial charge in [0, 0.05) is 7.05 Å². The highest BCUT2D eigenvalue weighted by Gasteiger charge is 2.11. The number of carbonyl (C=O) groups excluding carboxylic acids is 1. The van der Waals surface area contributed by atoms with Gasteiger partial charge in [-0.15, -0.1) is 0 Å². The molecule has 2 aromatic rings. The van der Waals surface area contributed by atoms with E-state index in [0.717, 1.165) is 11.1 Å². The number of carbonyl (C=O) groups is 1. The van der Waals surface area contributed by atoms with Gasteiger partial charge in [0.2, 0.25) is 5.91 Å². The van der Waals surface area contributed by atoms with Crippen molar-refractivity contribution in [2.45, 2.75) is 12.5 Å². The first kappa shape index (κ1) is 13.3. The number of nitrogens with two attached hydrogens (primary N) is 1. The monoisotopic (exact) mass is 254 g/mol. The van der Waals surface area contributed by atoms with E-state index in [-0.39, 0.29) is 5.91 Å². The van der Waals surface area contributed by atoms with Gasteiger partial charge in [-0.05, 0) is 23.1 Å². The fourth-order valence-electron chi connectivity index (χ4n) is 2.00. The van der Waals surface area contributed by atoms with E-state index in [2.05, 4.69) is 29.6 Å². The van der Waals surface area contributed by atoms with Crippen molar-refractivity contribution in [3.8, 4) is 11.1 Å². The van der Waals surface area contributed by atoms with Crippen LogP contribution < -0.4 is 11.1 Å². The third kappa shape index (κ3) is 3.42. The molecule has 0 fully saturated rings. The largest absolute Gasteiger partial charge is 0.358 e. The van der Waals surface area contributed by atoms with E-state index in [1.54, 1.807) is 7.05 Å². The SMILES string of the molecule is CNC(=O)[C@@H](N)Cc1ccc(-c2ccccc2)cc1. The lowest BCUT2D eigenvalue weighted by molar-refractivity contribution is -0.121. The Morgan fingerprint density at radius 3 is 2.21 bits per heavy atom. The zero-order valence-corrected chi connectivity index (χ0v) is 11.0. The van der Waals surface area contributed by atoms with Crippen molar-refractivity contribution in [3.63, 3.8) is 0 Å². The maximum Gasteiger partial charge on any atom is 0.237 e. The Morgan fingerprint density at radius 2 is 1.63 bits per heavy atom. The molecule has 2 rings (SSSR count). The van der Waals surface area contributed by atoms with Gasteiger partial charge in [0.15, 0.2) is 0 Å². The molecule has 0 saturated carbocycles. The number of nitrogens with one attached hydrogen (secondary N) is 1. The van der Waals surface area contributed by atoms with E-state index in [9.17, 15) is 4.79 Å². The van der Waals surface area contributed by atoms with Crippen LogP contribution in [0.3, 0.4) is 0 Å². The highest BCUT2D eigenvalue weighted by Crippen LogP contribution is 2.19. The Bertz CT molecular complexity index is 534. The van der Waals surface area contributed by atoms with Gasteiger partial charge in [-0.1, -0.05) is 54.6 Å². The molecule has 2 aromatic carbocycles. The van der Waals surface area contributed by atoms with Crippen molar-refractivity contribution in [1.29, 1.82) is 0 Å². The van der Waals surface area contributed by atoms with Crippen LogP contribution in [0.5, 0.6) is 0 Å². The fraction of sp³-hybridized carbons (Fsp3) is 0.188. The second-order valence-corrected chi connectivity index (χ2v) is 4.49. The molecule has 0 heterocycles.